The number of rotatable bonds is 6. The molecule has 7 heteroatoms. The van der Waals surface area contributed by atoms with Crippen LogP contribution in [0.15, 0.2) is 30.5 Å². The first kappa shape index (κ1) is 19.9. The molecule has 1 unspecified atom stereocenters. The van der Waals surface area contributed by atoms with Crippen molar-refractivity contribution >= 4 is 16.7 Å². The van der Waals surface area contributed by atoms with Gasteiger partial charge in [0, 0.05) is 37.6 Å². The lowest BCUT2D eigenvalue weighted by molar-refractivity contribution is -0.139. The van der Waals surface area contributed by atoms with E-state index in [2.05, 4.69) is 10.3 Å². The Bertz CT molecular complexity index is 879. The van der Waals surface area contributed by atoms with Crippen LogP contribution in [0.1, 0.15) is 33.1 Å². The van der Waals surface area contributed by atoms with E-state index < -0.39 is 11.5 Å². The molecule has 7 nitrogen and oxygen atoms in total. The molecule has 2 fully saturated rings. The maximum Gasteiger partial charge on any atom is 0.226 e. The number of amides is 1. The van der Waals surface area contributed by atoms with Crippen molar-refractivity contribution < 1.29 is 24.1 Å². The number of hydrogen-bond acceptors (Lipinski definition) is 6. The van der Waals surface area contributed by atoms with Crippen LogP contribution < -0.4 is 14.8 Å². The molecule has 1 aromatic heterocycles. The summed E-state index contributed by atoms with van der Waals surface area (Å²) < 4.78 is 17.1. The number of hydrogen-bond donors (Lipinski definition) is 2. The molecule has 0 radical (unpaired) electrons. The molecule has 1 amide bonds. The van der Waals surface area contributed by atoms with Gasteiger partial charge in [0.15, 0.2) is 0 Å². The van der Waals surface area contributed by atoms with E-state index in [4.69, 9.17) is 14.2 Å². The summed E-state index contributed by atoms with van der Waals surface area (Å²) in [5.74, 6) is 0.744. The highest BCUT2D eigenvalue weighted by atomic mass is 16.5. The van der Waals surface area contributed by atoms with Gasteiger partial charge in [-0.2, -0.15) is 0 Å². The van der Waals surface area contributed by atoms with E-state index in [9.17, 15) is 9.90 Å². The Kier molecular flexibility index (Phi) is 5.61. The SMILES string of the molecule is CC(C)Oc1ccc2ccnc(OC[C@@H]3CC(C4(O)CCOCC4)C(=O)N3)c2c1. The summed E-state index contributed by atoms with van der Waals surface area (Å²) in [6.45, 7) is 5.24. The van der Waals surface area contributed by atoms with Crippen LogP contribution in [0.2, 0.25) is 0 Å². The van der Waals surface area contributed by atoms with Crippen molar-refractivity contribution in [2.75, 3.05) is 19.8 Å². The van der Waals surface area contributed by atoms with Crippen molar-refractivity contribution in [1.29, 1.82) is 0 Å². The van der Waals surface area contributed by atoms with Crippen molar-refractivity contribution in [2.45, 2.75) is 50.9 Å². The van der Waals surface area contributed by atoms with Crippen LogP contribution in [0.4, 0.5) is 0 Å². The monoisotopic (exact) mass is 400 g/mol. The van der Waals surface area contributed by atoms with E-state index in [-0.39, 0.29) is 18.1 Å². The molecule has 2 saturated heterocycles. The Hall–Kier alpha value is -2.38. The Labute approximate surface area is 170 Å². The number of ether oxygens (including phenoxy) is 3. The first-order chi connectivity index (χ1) is 13.9. The highest BCUT2D eigenvalue weighted by molar-refractivity contribution is 5.88. The standard InChI is InChI=1S/C22H28N2O5/c1-14(2)29-17-4-3-15-5-8-23-21(18(15)12-17)28-13-16-11-19(20(25)24-16)22(26)6-9-27-10-7-22/h3-5,8,12,14,16,19,26H,6-7,9-11,13H2,1-2H3,(H,24,25)/t16-,19?/m0/s1. The molecule has 1 aromatic carbocycles. The Morgan fingerprint density at radius 3 is 2.86 bits per heavy atom. The van der Waals surface area contributed by atoms with Gasteiger partial charge in [0.2, 0.25) is 11.8 Å². The summed E-state index contributed by atoms with van der Waals surface area (Å²) in [4.78, 5) is 16.8. The number of carbonyl (C=O) groups excluding carboxylic acids is 1. The molecule has 2 atom stereocenters. The second-order valence-electron chi connectivity index (χ2n) is 8.19. The smallest absolute Gasteiger partial charge is 0.226 e. The first-order valence-corrected chi connectivity index (χ1v) is 10.2. The van der Waals surface area contributed by atoms with E-state index in [0.29, 0.717) is 45.0 Å². The number of benzene rings is 1. The van der Waals surface area contributed by atoms with Gasteiger partial charge in [0.25, 0.3) is 0 Å². The van der Waals surface area contributed by atoms with E-state index in [0.717, 1.165) is 16.5 Å². The van der Waals surface area contributed by atoms with Gasteiger partial charge in [0.05, 0.1) is 23.7 Å². The molecular weight excluding hydrogens is 372 g/mol. The van der Waals surface area contributed by atoms with Crippen molar-refractivity contribution in [2.24, 2.45) is 5.92 Å². The summed E-state index contributed by atoms with van der Waals surface area (Å²) in [5, 5.41) is 15.7. The number of pyridine rings is 1. The molecule has 156 valence electrons. The van der Waals surface area contributed by atoms with Gasteiger partial charge in [0.1, 0.15) is 12.4 Å². The summed E-state index contributed by atoms with van der Waals surface area (Å²) in [6.07, 6.45) is 3.31. The number of carbonyl (C=O) groups is 1. The van der Waals surface area contributed by atoms with Crippen LogP contribution in [0.3, 0.4) is 0 Å². The summed E-state index contributed by atoms with van der Waals surface area (Å²) in [7, 11) is 0. The minimum Gasteiger partial charge on any atom is -0.491 e. The minimum absolute atomic E-state index is 0.0788. The third-order valence-corrected chi connectivity index (χ3v) is 5.68. The number of aliphatic hydroxyl groups is 1. The van der Waals surface area contributed by atoms with Crippen molar-refractivity contribution in [3.63, 3.8) is 0 Å². The quantitative estimate of drug-likeness (QED) is 0.774. The van der Waals surface area contributed by atoms with Gasteiger partial charge in [-0.05, 0) is 43.9 Å². The Balaban J connectivity index is 1.45. The van der Waals surface area contributed by atoms with Gasteiger partial charge >= 0.3 is 0 Å². The summed E-state index contributed by atoms with van der Waals surface area (Å²) in [5.41, 5.74) is -0.988. The van der Waals surface area contributed by atoms with Gasteiger partial charge in [-0.25, -0.2) is 4.98 Å². The fourth-order valence-electron chi connectivity index (χ4n) is 4.16. The van der Waals surface area contributed by atoms with Crippen molar-refractivity contribution in [3.8, 4) is 11.6 Å². The highest BCUT2D eigenvalue weighted by Gasteiger charge is 2.47. The fourth-order valence-corrected chi connectivity index (χ4v) is 4.16. The molecule has 2 aliphatic heterocycles. The minimum atomic E-state index is -0.988. The molecule has 2 aromatic rings. The zero-order valence-electron chi connectivity index (χ0n) is 16.9. The van der Waals surface area contributed by atoms with E-state index in [1.54, 1.807) is 6.20 Å². The van der Waals surface area contributed by atoms with Gasteiger partial charge in [-0.3, -0.25) is 4.79 Å². The molecule has 0 bridgehead atoms. The Morgan fingerprint density at radius 2 is 2.10 bits per heavy atom. The molecule has 29 heavy (non-hydrogen) atoms. The zero-order valence-corrected chi connectivity index (χ0v) is 16.9. The molecular formula is C22H28N2O5. The molecule has 3 heterocycles. The first-order valence-electron chi connectivity index (χ1n) is 10.2. The number of nitrogens with zero attached hydrogens (tertiary/aromatic N) is 1. The highest BCUT2D eigenvalue weighted by Crippen LogP contribution is 2.35. The van der Waals surface area contributed by atoms with Crippen LogP contribution in [0, 0.1) is 5.92 Å². The second kappa shape index (κ2) is 8.16. The second-order valence-corrected chi connectivity index (χ2v) is 8.19. The van der Waals surface area contributed by atoms with Gasteiger partial charge in [-0.1, -0.05) is 6.07 Å². The maximum atomic E-state index is 12.5. The molecule has 0 spiro atoms. The molecule has 0 saturated carbocycles. The molecule has 2 N–H and O–H groups in total. The van der Waals surface area contributed by atoms with E-state index >= 15 is 0 Å². The lowest BCUT2D eigenvalue weighted by Crippen LogP contribution is -2.46. The van der Waals surface area contributed by atoms with Crippen molar-refractivity contribution in [3.05, 3.63) is 30.5 Å². The van der Waals surface area contributed by atoms with Crippen LogP contribution >= 0.6 is 0 Å². The van der Waals surface area contributed by atoms with Gasteiger partial charge < -0.3 is 24.6 Å². The topological polar surface area (TPSA) is 89.9 Å². The third kappa shape index (κ3) is 4.31. The van der Waals surface area contributed by atoms with E-state index in [1.165, 1.54) is 0 Å². The predicted octanol–water partition coefficient (Wildman–Crippen LogP) is 2.45. The largest absolute Gasteiger partial charge is 0.491 e. The maximum absolute atomic E-state index is 12.5. The zero-order chi connectivity index (χ0) is 20.4. The third-order valence-electron chi connectivity index (χ3n) is 5.68. The fraction of sp³-hybridized carbons (Fsp3) is 0.545. The predicted molar refractivity (Wildman–Crippen MR) is 108 cm³/mol. The van der Waals surface area contributed by atoms with Crippen LogP contribution in [-0.4, -0.2) is 53.6 Å². The van der Waals surface area contributed by atoms with E-state index in [1.807, 2.05) is 38.1 Å². The molecule has 2 aliphatic rings. The van der Waals surface area contributed by atoms with Crippen LogP contribution in [0.25, 0.3) is 10.8 Å². The molecule has 4 rings (SSSR count). The lowest BCUT2D eigenvalue weighted by Gasteiger charge is -2.35. The number of aromatic nitrogens is 1. The number of fused-ring (bicyclic) bond motifs is 1. The van der Waals surface area contributed by atoms with Crippen LogP contribution in [0.5, 0.6) is 11.6 Å². The Morgan fingerprint density at radius 1 is 1.31 bits per heavy atom. The summed E-state index contributed by atoms with van der Waals surface area (Å²) in [6, 6.07) is 7.61. The summed E-state index contributed by atoms with van der Waals surface area (Å²) >= 11 is 0. The normalized spacial score (nSPS) is 23.9. The van der Waals surface area contributed by atoms with Gasteiger partial charge in [-0.15, -0.1) is 0 Å². The number of nitrogens with one attached hydrogen (secondary N) is 1. The molecule has 0 aliphatic carbocycles. The van der Waals surface area contributed by atoms with Crippen molar-refractivity contribution in [1.82, 2.24) is 10.3 Å². The lowest BCUT2D eigenvalue weighted by atomic mass is 9.79. The van der Waals surface area contributed by atoms with Crippen LogP contribution in [-0.2, 0) is 9.53 Å². The average Bonchev–Trinajstić information content (AvgIpc) is 3.08. The average molecular weight is 400 g/mol.